The largest absolute Gasteiger partial charge is 0.276 e. The Morgan fingerprint density at radius 3 is 2.55 bits per heavy atom. The van der Waals surface area contributed by atoms with Crippen LogP contribution in [0.25, 0.3) is 0 Å². The highest BCUT2D eigenvalue weighted by Gasteiger charge is 2.31. The van der Waals surface area contributed by atoms with Gasteiger partial charge in [0.2, 0.25) is 5.24 Å². The monoisotopic (exact) mass is 168 g/mol. The molecule has 0 fully saturated rings. The Balaban J connectivity index is 2.79. The number of halogens is 1. The van der Waals surface area contributed by atoms with Crippen LogP contribution < -0.4 is 0 Å². The second kappa shape index (κ2) is 3.05. The standard InChI is InChI=1S/C9H9ClO/c1-3-6-5-8(9(10)11)7(6)4-2/h3-7H,1-2H2. The van der Waals surface area contributed by atoms with Crippen LogP contribution in [0.4, 0.5) is 0 Å². The summed E-state index contributed by atoms with van der Waals surface area (Å²) < 4.78 is 0. The maximum atomic E-state index is 10.7. The minimum absolute atomic E-state index is 0.0810. The van der Waals surface area contributed by atoms with Crippen molar-refractivity contribution in [3.63, 3.8) is 0 Å². The molecule has 0 bridgehead atoms. The van der Waals surface area contributed by atoms with E-state index in [2.05, 4.69) is 13.2 Å². The molecule has 0 aromatic carbocycles. The van der Waals surface area contributed by atoms with Crippen molar-refractivity contribution in [3.8, 4) is 0 Å². The molecule has 1 rings (SSSR count). The van der Waals surface area contributed by atoms with Gasteiger partial charge >= 0.3 is 0 Å². The van der Waals surface area contributed by atoms with Crippen molar-refractivity contribution in [1.29, 1.82) is 0 Å². The van der Waals surface area contributed by atoms with Crippen molar-refractivity contribution in [2.24, 2.45) is 11.8 Å². The first-order valence-corrected chi connectivity index (χ1v) is 3.75. The van der Waals surface area contributed by atoms with E-state index in [4.69, 9.17) is 11.6 Å². The van der Waals surface area contributed by atoms with E-state index in [1.165, 1.54) is 0 Å². The molecule has 0 heterocycles. The molecule has 2 heteroatoms. The molecule has 0 spiro atoms. The predicted octanol–water partition coefficient (Wildman–Crippen LogP) is 2.30. The summed E-state index contributed by atoms with van der Waals surface area (Å²) in [5.74, 6) is 0.322. The van der Waals surface area contributed by atoms with Gasteiger partial charge < -0.3 is 0 Å². The van der Waals surface area contributed by atoms with E-state index < -0.39 is 0 Å². The summed E-state index contributed by atoms with van der Waals surface area (Å²) in [5.41, 5.74) is 0.645. The summed E-state index contributed by atoms with van der Waals surface area (Å²) in [5, 5.41) is -0.381. The molecular weight excluding hydrogens is 160 g/mol. The van der Waals surface area contributed by atoms with Crippen molar-refractivity contribution >= 4 is 16.8 Å². The van der Waals surface area contributed by atoms with E-state index >= 15 is 0 Å². The van der Waals surface area contributed by atoms with E-state index in [0.717, 1.165) is 0 Å². The third-order valence-electron chi connectivity index (χ3n) is 1.90. The van der Waals surface area contributed by atoms with Crippen LogP contribution in [-0.4, -0.2) is 5.24 Å². The molecule has 0 saturated carbocycles. The van der Waals surface area contributed by atoms with Crippen molar-refractivity contribution in [2.75, 3.05) is 0 Å². The third kappa shape index (κ3) is 1.29. The third-order valence-corrected chi connectivity index (χ3v) is 2.12. The van der Waals surface area contributed by atoms with Crippen molar-refractivity contribution in [2.45, 2.75) is 0 Å². The molecule has 2 atom stereocenters. The van der Waals surface area contributed by atoms with E-state index in [1.54, 1.807) is 12.2 Å². The molecule has 0 aliphatic heterocycles. The fourth-order valence-electron chi connectivity index (χ4n) is 1.21. The lowest BCUT2D eigenvalue weighted by atomic mass is 9.75. The van der Waals surface area contributed by atoms with Crippen LogP contribution in [-0.2, 0) is 4.79 Å². The molecule has 2 unspecified atom stereocenters. The van der Waals surface area contributed by atoms with Crippen LogP contribution in [0.15, 0.2) is 37.0 Å². The van der Waals surface area contributed by atoms with Crippen LogP contribution in [0.3, 0.4) is 0 Å². The predicted molar refractivity (Wildman–Crippen MR) is 46.3 cm³/mol. The average molecular weight is 169 g/mol. The summed E-state index contributed by atoms with van der Waals surface area (Å²) >= 11 is 5.29. The molecule has 0 N–H and O–H groups in total. The van der Waals surface area contributed by atoms with Crippen molar-refractivity contribution < 1.29 is 4.79 Å². The van der Waals surface area contributed by atoms with Gasteiger partial charge in [-0.2, -0.15) is 0 Å². The minimum atomic E-state index is -0.381. The lowest BCUT2D eigenvalue weighted by Gasteiger charge is -2.29. The second-order valence-electron chi connectivity index (χ2n) is 2.47. The van der Waals surface area contributed by atoms with Gasteiger partial charge in [0.15, 0.2) is 0 Å². The number of rotatable bonds is 3. The Kier molecular flexibility index (Phi) is 2.30. The lowest BCUT2D eigenvalue weighted by Crippen LogP contribution is -2.24. The molecule has 0 radical (unpaired) electrons. The molecule has 1 aliphatic carbocycles. The molecule has 58 valence electrons. The van der Waals surface area contributed by atoms with Gasteiger partial charge in [0.25, 0.3) is 0 Å². The van der Waals surface area contributed by atoms with Crippen LogP contribution in [0.1, 0.15) is 0 Å². The van der Waals surface area contributed by atoms with Gasteiger partial charge in [0.05, 0.1) is 0 Å². The normalized spacial score (nSPS) is 28.3. The van der Waals surface area contributed by atoms with E-state index in [1.807, 2.05) is 6.08 Å². The summed E-state index contributed by atoms with van der Waals surface area (Å²) in [4.78, 5) is 10.7. The first kappa shape index (κ1) is 8.28. The van der Waals surface area contributed by atoms with Gasteiger partial charge in [-0.3, -0.25) is 4.79 Å². The van der Waals surface area contributed by atoms with Crippen LogP contribution in [0.5, 0.6) is 0 Å². The van der Waals surface area contributed by atoms with Crippen LogP contribution in [0, 0.1) is 11.8 Å². The van der Waals surface area contributed by atoms with Gasteiger partial charge in [0, 0.05) is 17.4 Å². The maximum absolute atomic E-state index is 10.7. The Hall–Kier alpha value is -0.820. The maximum Gasteiger partial charge on any atom is 0.248 e. The highest BCUT2D eigenvalue weighted by Crippen LogP contribution is 2.36. The topological polar surface area (TPSA) is 17.1 Å². The van der Waals surface area contributed by atoms with E-state index in [-0.39, 0.29) is 17.1 Å². The van der Waals surface area contributed by atoms with Gasteiger partial charge in [-0.05, 0) is 11.6 Å². The smallest absolute Gasteiger partial charge is 0.248 e. The number of carbonyl (C=O) groups excluding carboxylic acids is 1. The zero-order chi connectivity index (χ0) is 8.43. The van der Waals surface area contributed by atoms with E-state index in [0.29, 0.717) is 5.57 Å². The summed E-state index contributed by atoms with van der Waals surface area (Å²) in [7, 11) is 0. The molecule has 1 aliphatic rings. The number of carbonyl (C=O) groups is 1. The molecule has 0 aromatic rings. The second-order valence-corrected chi connectivity index (χ2v) is 2.81. The van der Waals surface area contributed by atoms with Gasteiger partial charge in [-0.1, -0.05) is 18.2 Å². The van der Waals surface area contributed by atoms with Crippen molar-refractivity contribution in [3.05, 3.63) is 37.0 Å². The number of hydrogen-bond donors (Lipinski definition) is 0. The first-order valence-electron chi connectivity index (χ1n) is 3.37. The molecule has 0 aromatic heterocycles. The number of hydrogen-bond acceptors (Lipinski definition) is 1. The Morgan fingerprint density at radius 2 is 2.18 bits per heavy atom. The van der Waals surface area contributed by atoms with Crippen LogP contribution >= 0.6 is 11.6 Å². The zero-order valence-electron chi connectivity index (χ0n) is 6.09. The first-order chi connectivity index (χ1) is 5.20. The lowest BCUT2D eigenvalue weighted by molar-refractivity contribution is -0.109. The number of allylic oxidation sites excluding steroid dienone is 4. The minimum Gasteiger partial charge on any atom is -0.276 e. The quantitative estimate of drug-likeness (QED) is 0.467. The van der Waals surface area contributed by atoms with Crippen LogP contribution in [0.2, 0.25) is 0 Å². The Bertz CT molecular complexity index is 240. The zero-order valence-corrected chi connectivity index (χ0v) is 6.84. The highest BCUT2D eigenvalue weighted by atomic mass is 35.5. The molecule has 0 saturated heterocycles. The molecule has 1 nitrogen and oxygen atoms in total. The summed E-state index contributed by atoms with van der Waals surface area (Å²) in [6.07, 6.45) is 5.33. The Labute approximate surface area is 71.0 Å². The SMILES string of the molecule is C=CC1C=C(C(=O)Cl)C1C=C. The van der Waals surface area contributed by atoms with E-state index in [9.17, 15) is 4.79 Å². The fraction of sp³-hybridized carbons (Fsp3) is 0.222. The summed E-state index contributed by atoms with van der Waals surface area (Å²) in [6.45, 7) is 7.24. The molecular formula is C9H9ClO. The summed E-state index contributed by atoms with van der Waals surface area (Å²) in [6, 6.07) is 0. The van der Waals surface area contributed by atoms with Gasteiger partial charge in [-0.15, -0.1) is 13.2 Å². The molecule has 11 heavy (non-hydrogen) atoms. The highest BCUT2D eigenvalue weighted by molar-refractivity contribution is 6.67. The van der Waals surface area contributed by atoms with Crippen molar-refractivity contribution in [1.82, 2.24) is 0 Å². The Morgan fingerprint density at radius 1 is 1.55 bits per heavy atom. The molecule has 0 amide bonds. The average Bonchev–Trinajstić information content (AvgIpc) is 1.86. The fourth-order valence-corrected chi connectivity index (χ4v) is 1.40. The van der Waals surface area contributed by atoms with Gasteiger partial charge in [-0.25, -0.2) is 0 Å². The van der Waals surface area contributed by atoms with Gasteiger partial charge in [0.1, 0.15) is 0 Å².